The van der Waals surface area contributed by atoms with Gasteiger partial charge in [0.25, 0.3) is 0 Å². The van der Waals surface area contributed by atoms with Gasteiger partial charge in [0, 0.05) is 18.5 Å². The fraction of sp³-hybridized carbons (Fsp3) is 0.385. The summed E-state index contributed by atoms with van der Waals surface area (Å²) in [6.45, 7) is -0.828. The number of fused-ring (bicyclic) bond motifs is 1. The largest absolute Gasteiger partial charge is 0.451 e. The number of aliphatic hydroxyl groups is 2. The Labute approximate surface area is 122 Å². The van der Waals surface area contributed by atoms with Gasteiger partial charge >= 0.3 is 6.18 Å². The van der Waals surface area contributed by atoms with Gasteiger partial charge in [-0.15, -0.1) is 0 Å². The molecule has 1 heterocycles. The van der Waals surface area contributed by atoms with Crippen molar-refractivity contribution in [3.05, 3.63) is 29.8 Å². The number of rotatable bonds is 5. The van der Waals surface area contributed by atoms with Crippen LogP contribution in [0.5, 0.6) is 0 Å². The van der Waals surface area contributed by atoms with E-state index in [0.29, 0.717) is 0 Å². The summed E-state index contributed by atoms with van der Waals surface area (Å²) in [5.74, 6) is -2.56. The standard InChI is InChI=1S/C13H13F4N3O2/c14-9-3-1-2-8-10(9)18-12(13(15,16)17)19-11(8)20(4-6-21)5-7-22/h1-3,21-22H,4-7H2. The highest BCUT2D eigenvalue weighted by atomic mass is 19.4. The lowest BCUT2D eigenvalue weighted by molar-refractivity contribution is -0.144. The minimum Gasteiger partial charge on any atom is -0.395 e. The monoisotopic (exact) mass is 319 g/mol. The van der Waals surface area contributed by atoms with Crippen LogP contribution in [0.25, 0.3) is 10.9 Å². The van der Waals surface area contributed by atoms with Crippen molar-refractivity contribution in [3.63, 3.8) is 0 Å². The van der Waals surface area contributed by atoms with E-state index >= 15 is 0 Å². The lowest BCUT2D eigenvalue weighted by Crippen LogP contribution is -2.31. The van der Waals surface area contributed by atoms with Gasteiger partial charge in [-0.2, -0.15) is 13.2 Å². The zero-order valence-corrected chi connectivity index (χ0v) is 11.3. The van der Waals surface area contributed by atoms with Gasteiger partial charge in [-0.05, 0) is 12.1 Å². The van der Waals surface area contributed by atoms with Gasteiger partial charge in [-0.3, -0.25) is 0 Å². The van der Waals surface area contributed by atoms with E-state index in [4.69, 9.17) is 10.2 Å². The fourth-order valence-corrected chi connectivity index (χ4v) is 2.03. The second-order valence-corrected chi connectivity index (χ2v) is 4.44. The first kappa shape index (κ1) is 16.4. The summed E-state index contributed by atoms with van der Waals surface area (Å²) in [6.07, 6.45) is -4.84. The number of aliphatic hydroxyl groups excluding tert-OH is 2. The maximum atomic E-state index is 13.8. The van der Waals surface area contributed by atoms with Crippen LogP contribution >= 0.6 is 0 Å². The molecular weight excluding hydrogens is 306 g/mol. The Balaban J connectivity index is 2.71. The predicted octanol–water partition coefficient (Wildman–Crippen LogP) is 1.58. The molecule has 0 aliphatic heterocycles. The third kappa shape index (κ3) is 3.25. The molecule has 0 amide bonds. The molecule has 0 unspecified atom stereocenters. The summed E-state index contributed by atoms with van der Waals surface area (Å²) in [5, 5.41) is 18.1. The number of nitrogens with zero attached hydrogens (tertiary/aromatic N) is 3. The van der Waals surface area contributed by atoms with Crippen LogP contribution in [-0.4, -0.2) is 46.5 Å². The van der Waals surface area contributed by atoms with Crippen LogP contribution in [-0.2, 0) is 6.18 Å². The zero-order chi connectivity index (χ0) is 16.3. The number of halogens is 4. The lowest BCUT2D eigenvalue weighted by Gasteiger charge is -2.24. The minimum absolute atomic E-state index is 0.0551. The summed E-state index contributed by atoms with van der Waals surface area (Å²) in [5.41, 5.74) is -0.458. The first-order valence-corrected chi connectivity index (χ1v) is 6.38. The summed E-state index contributed by atoms with van der Waals surface area (Å²) in [7, 11) is 0. The SMILES string of the molecule is OCCN(CCO)c1nc(C(F)(F)F)nc2c(F)cccc12. The molecule has 2 N–H and O–H groups in total. The minimum atomic E-state index is -4.84. The Morgan fingerprint density at radius 2 is 1.68 bits per heavy atom. The van der Waals surface area contributed by atoms with E-state index in [1.54, 1.807) is 0 Å². The molecule has 0 radical (unpaired) electrons. The van der Waals surface area contributed by atoms with Crippen molar-refractivity contribution in [1.29, 1.82) is 0 Å². The van der Waals surface area contributed by atoms with Crippen molar-refractivity contribution < 1.29 is 27.8 Å². The first-order chi connectivity index (χ1) is 10.4. The van der Waals surface area contributed by atoms with E-state index in [1.807, 2.05) is 0 Å². The molecule has 2 aromatic rings. The number of benzene rings is 1. The molecule has 0 aliphatic carbocycles. The van der Waals surface area contributed by atoms with E-state index in [1.165, 1.54) is 17.0 Å². The molecular formula is C13H13F4N3O2. The Morgan fingerprint density at radius 1 is 1.05 bits per heavy atom. The van der Waals surface area contributed by atoms with Crippen LogP contribution in [0.3, 0.4) is 0 Å². The van der Waals surface area contributed by atoms with Crippen molar-refractivity contribution in [1.82, 2.24) is 9.97 Å². The van der Waals surface area contributed by atoms with Crippen LogP contribution < -0.4 is 4.90 Å². The third-order valence-electron chi connectivity index (χ3n) is 2.95. The Bertz CT molecular complexity index is 658. The Hall–Kier alpha value is -2.00. The molecule has 9 heteroatoms. The van der Waals surface area contributed by atoms with Gasteiger partial charge in [-0.1, -0.05) is 6.07 Å². The summed E-state index contributed by atoms with van der Waals surface area (Å²) >= 11 is 0. The molecule has 5 nitrogen and oxygen atoms in total. The maximum absolute atomic E-state index is 13.8. The van der Waals surface area contributed by atoms with E-state index in [2.05, 4.69) is 9.97 Å². The smallest absolute Gasteiger partial charge is 0.395 e. The van der Waals surface area contributed by atoms with E-state index in [0.717, 1.165) is 6.07 Å². The second-order valence-electron chi connectivity index (χ2n) is 4.44. The molecule has 22 heavy (non-hydrogen) atoms. The highest BCUT2D eigenvalue weighted by molar-refractivity contribution is 5.90. The van der Waals surface area contributed by atoms with Crippen molar-refractivity contribution in [2.45, 2.75) is 6.18 Å². The first-order valence-electron chi connectivity index (χ1n) is 6.38. The molecule has 120 valence electrons. The van der Waals surface area contributed by atoms with Crippen LogP contribution in [0.1, 0.15) is 5.82 Å². The normalized spacial score (nSPS) is 11.9. The third-order valence-corrected chi connectivity index (χ3v) is 2.95. The Kier molecular flexibility index (Phi) is 4.77. The molecule has 0 bridgehead atoms. The average Bonchev–Trinajstić information content (AvgIpc) is 2.45. The number of aromatic nitrogens is 2. The molecule has 2 rings (SSSR count). The van der Waals surface area contributed by atoms with Crippen LogP contribution in [0, 0.1) is 5.82 Å². The zero-order valence-electron chi connectivity index (χ0n) is 11.3. The topological polar surface area (TPSA) is 69.5 Å². The molecule has 0 saturated heterocycles. The maximum Gasteiger partial charge on any atom is 0.451 e. The van der Waals surface area contributed by atoms with E-state index < -0.39 is 23.3 Å². The van der Waals surface area contributed by atoms with Crippen molar-refractivity contribution in [2.24, 2.45) is 0 Å². The molecule has 0 spiro atoms. The van der Waals surface area contributed by atoms with Crippen LogP contribution in [0.4, 0.5) is 23.4 Å². The molecule has 1 aromatic carbocycles. The van der Waals surface area contributed by atoms with E-state index in [-0.39, 0.29) is 37.5 Å². The van der Waals surface area contributed by atoms with Gasteiger partial charge in [0.05, 0.1) is 13.2 Å². The number of hydrogen-bond acceptors (Lipinski definition) is 5. The van der Waals surface area contributed by atoms with Gasteiger partial charge in [0.1, 0.15) is 17.2 Å². The van der Waals surface area contributed by atoms with Gasteiger partial charge in [-0.25, -0.2) is 14.4 Å². The van der Waals surface area contributed by atoms with Gasteiger partial charge < -0.3 is 15.1 Å². The highest BCUT2D eigenvalue weighted by Gasteiger charge is 2.36. The number of alkyl halides is 3. The molecule has 0 saturated carbocycles. The van der Waals surface area contributed by atoms with Gasteiger partial charge in [0.15, 0.2) is 0 Å². The molecule has 0 fully saturated rings. The van der Waals surface area contributed by atoms with Crippen molar-refractivity contribution in [2.75, 3.05) is 31.2 Å². The number of hydrogen-bond donors (Lipinski definition) is 2. The van der Waals surface area contributed by atoms with Crippen LogP contribution in [0.2, 0.25) is 0 Å². The van der Waals surface area contributed by atoms with Gasteiger partial charge in [0.2, 0.25) is 5.82 Å². The van der Waals surface area contributed by atoms with Crippen LogP contribution in [0.15, 0.2) is 18.2 Å². The molecule has 0 aliphatic rings. The summed E-state index contributed by atoms with van der Waals surface area (Å²) in [6, 6.07) is 3.71. The Morgan fingerprint density at radius 3 is 2.23 bits per heavy atom. The molecule has 0 atom stereocenters. The highest BCUT2D eigenvalue weighted by Crippen LogP contribution is 2.32. The van der Waals surface area contributed by atoms with Crippen molar-refractivity contribution in [3.8, 4) is 0 Å². The second kappa shape index (κ2) is 6.41. The van der Waals surface area contributed by atoms with Crippen molar-refractivity contribution >= 4 is 16.7 Å². The lowest BCUT2D eigenvalue weighted by atomic mass is 10.2. The summed E-state index contributed by atoms with van der Waals surface area (Å²) in [4.78, 5) is 7.95. The molecule has 1 aromatic heterocycles. The predicted molar refractivity (Wildman–Crippen MR) is 70.9 cm³/mol. The van der Waals surface area contributed by atoms with E-state index in [9.17, 15) is 17.6 Å². The fourth-order valence-electron chi connectivity index (χ4n) is 2.03. The average molecular weight is 319 g/mol. The quantitative estimate of drug-likeness (QED) is 0.819. The number of anilines is 1. The number of para-hydroxylation sites is 1. The summed E-state index contributed by atoms with van der Waals surface area (Å²) < 4.78 is 52.5.